The molecule has 0 spiro atoms. The summed E-state index contributed by atoms with van der Waals surface area (Å²) >= 11 is -1.94. The van der Waals surface area contributed by atoms with Crippen molar-refractivity contribution in [3.8, 4) is 5.75 Å². The van der Waals surface area contributed by atoms with E-state index in [4.69, 9.17) is 13.1 Å². The predicted molar refractivity (Wildman–Crippen MR) is 61.9 cm³/mol. The van der Waals surface area contributed by atoms with Gasteiger partial charge in [0.1, 0.15) is 11.9 Å². The molecule has 6 nitrogen and oxygen atoms in total. The molecule has 1 fully saturated rings. The molecule has 1 aliphatic rings. The number of ether oxygens (including phenoxy) is 2. The average molecular weight is 272 g/mol. The molecule has 0 radical (unpaired) electrons. The molecule has 3 atom stereocenters. The van der Waals surface area contributed by atoms with Gasteiger partial charge in [-0.3, -0.25) is 4.18 Å². The molecule has 2 rings (SSSR count). The van der Waals surface area contributed by atoms with E-state index in [0.29, 0.717) is 11.3 Å². The SMILES string of the molecule is COC(=O)[C@@H]1OS(=O)O[C@H]1c1ccc(OC)cc1. The lowest BCUT2D eigenvalue weighted by Gasteiger charge is -2.13. The second-order valence-corrected chi connectivity index (χ2v) is 4.33. The summed E-state index contributed by atoms with van der Waals surface area (Å²) in [6, 6.07) is 6.86. The highest BCUT2D eigenvalue weighted by atomic mass is 32.2. The van der Waals surface area contributed by atoms with Crippen LogP contribution in [0.5, 0.6) is 5.75 Å². The lowest BCUT2D eigenvalue weighted by molar-refractivity contribution is -0.149. The van der Waals surface area contributed by atoms with E-state index in [0.717, 1.165) is 0 Å². The van der Waals surface area contributed by atoms with Gasteiger partial charge in [-0.15, -0.1) is 0 Å². The Labute approximate surface area is 107 Å². The first-order chi connectivity index (χ1) is 8.65. The number of benzene rings is 1. The molecule has 7 heteroatoms. The summed E-state index contributed by atoms with van der Waals surface area (Å²) in [5.41, 5.74) is 0.664. The summed E-state index contributed by atoms with van der Waals surface area (Å²) in [7, 11) is 2.79. The highest BCUT2D eigenvalue weighted by molar-refractivity contribution is 7.75. The molecular weight excluding hydrogens is 260 g/mol. The zero-order valence-electron chi connectivity index (χ0n) is 9.82. The van der Waals surface area contributed by atoms with Crippen LogP contribution in [0.25, 0.3) is 0 Å². The lowest BCUT2D eigenvalue weighted by Crippen LogP contribution is -2.27. The molecule has 0 aromatic heterocycles. The number of hydrogen-bond donors (Lipinski definition) is 0. The maximum Gasteiger partial charge on any atom is 0.339 e. The summed E-state index contributed by atoms with van der Waals surface area (Å²) in [4.78, 5) is 11.5. The Kier molecular flexibility index (Phi) is 3.95. The van der Waals surface area contributed by atoms with Crippen LogP contribution >= 0.6 is 0 Å². The molecule has 0 aliphatic carbocycles. The zero-order valence-corrected chi connectivity index (χ0v) is 10.6. The quantitative estimate of drug-likeness (QED) is 0.761. The molecular formula is C11H12O6S. The van der Waals surface area contributed by atoms with Crippen LogP contribution in [0.2, 0.25) is 0 Å². The summed E-state index contributed by atoms with van der Waals surface area (Å²) in [5.74, 6) is 0.0510. The number of carbonyl (C=O) groups excluding carboxylic acids is 1. The number of methoxy groups -OCH3 is 2. The molecule has 1 aromatic rings. The first-order valence-electron chi connectivity index (χ1n) is 5.13. The van der Waals surface area contributed by atoms with E-state index in [1.165, 1.54) is 7.11 Å². The Balaban J connectivity index is 2.23. The Hall–Kier alpha value is -1.44. The molecule has 1 aliphatic heterocycles. The topological polar surface area (TPSA) is 71.1 Å². The van der Waals surface area contributed by atoms with Crippen LogP contribution in [-0.2, 0) is 29.3 Å². The van der Waals surface area contributed by atoms with Crippen molar-refractivity contribution >= 4 is 17.3 Å². The summed E-state index contributed by atoms with van der Waals surface area (Å²) in [6.45, 7) is 0. The minimum Gasteiger partial charge on any atom is -0.497 e. The second kappa shape index (κ2) is 5.47. The highest BCUT2D eigenvalue weighted by Crippen LogP contribution is 2.33. The van der Waals surface area contributed by atoms with Crippen LogP contribution in [-0.4, -0.2) is 30.5 Å². The molecule has 0 bridgehead atoms. The minimum absolute atomic E-state index is 0.623. The van der Waals surface area contributed by atoms with Gasteiger partial charge in [0.2, 0.25) is 6.10 Å². The van der Waals surface area contributed by atoms with Crippen LogP contribution in [0.4, 0.5) is 0 Å². The standard InChI is InChI=1S/C11H12O6S/c1-14-8-5-3-7(4-6-8)9-10(11(12)15-2)17-18(13)16-9/h3-6,9-10H,1-2H3/t9-,10+,18?/m0/s1. The van der Waals surface area contributed by atoms with E-state index < -0.39 is 29.5 Å². The van der Waals surface area contributed by atoms with Crippen molar-refractivity contribution in [2.24, 2.45) is 0 Å². The molecule has 18 heavy (non-hydrogen) atoms. The fourth-order valence-electron chi connectivity index (χ4n) is 1.60. The van der Waals surface area contributed by atoms with Gasteiger partial charge in [-0.25, -0.2) is 8.98 Å². The van der Waals surface area contributed by atoms with E-state index >= 15 is 0 Å². The predicted octanol–water partition coefficient (Wildman–Crippen LogP) is 0.903. The van der Waals surface area contributed by atoms with Crippen molar-refractivity contribution in [1.29, 1.82) is 0 Å². The smallest absolute Gasteiger partial charge is 0.339 e. The maximum atomic E-state index is 11.5. The van der Waals surface area contributed by atoms with Crippen molar-refractivity contribution in [2.45, 2.75) is 12.2 Å². The Bertz CT molecular complexity index is 457. The molecule has 0 amide bonds. The largest absolute Gasteiger partial charge is 0.497 e. The fourth-order valence-corrected chi connectivity index (χ4v) is 2.37. The van der Waals surface area contributed by atoms with Crippen LogP contribution < -0.4 is 4.74 Å². The van der Waals surface area contributed by atoms with Gasteiger partial charge in [-0.1, -0.05) is 12.1 Å². The van der Waals surface area contributed by atoms with Crippen molar-refractivity contribution in [2.75, 3.05) is 14.2 Å². The van der Waals surface area contributed by atoms with Gasteiger partial charge in [0.25, 0.3) is 0 Å². The lowest BCUT2D eigenvalue weighted by atomic mass is 10.0. The molecule has 1 saturated heterocycles. The van der Waals surface area contributed by atoms with Crippen LogP contribution in [0.15, 0.2) is 24.3 Å². The van der Waals surface area contributed by atoms with Crippen LogP contribution in [0.3, 0.4) is 0 Å². The van der Waals surface area contributed by atoms with E-state index in [2.05, 4.69) is 4.74 Å². The third-order valence-corrected chi connectivity index (χ3v) is 3.25. The van der Waals surface area contributed by atoms with Crippen molar-refractivity contribution in [1.82, 2.24) is 0 Å². The highest BCUT2D eigenvalue weighted by Gasteiger charge is 2.42. The van der Waals surface area contributed by atoms with Crippen molar-refractivity contribution in [3.63, 3.8) is 0 Å². The second-order valence-electron chi connectivity index (χ2n) is 3.53. The molecule has 1 unspecified atom stereocenters. The van der Waals surface area contributed by atoms with Gasteiger partial charge in [-0.05, 0) is 17.7 Å². The van der Waals surface area contributed by atoms with E-state index in [-0.39, 0.29) is 0 Å². The Morgan fingerprint density at radius 2 is 1.89 bits per heavy atom. The summed E-state index contributed by atoms with van der Waals surface area (Å²) in [6.07, 6.45) is -1.77. The van der Waals surface area contributed by atoms with E-state index in [9.17, 15) is 9.00 Å². The van der Waals surface area contributed by atoms with Gasteiger partial charge < -0.3 is 9.47 Å². The Morgan fingerprint density at radius 3 is 2.44 bits per heavy atom. The number of hydrogen-bond acceptors (Lipinski definition) is 6. The van der Waals surface area contributed by atoms with Gasteiger partial charge in [0, 0.05) is 0 Å². The van der Waals surface area contributed by atoms with Crippen LogP contribution in [0.1, 0.15) is 11.7 Å². The van der Waals surface area contributed by atoms with Gasteiger partial charge in [0.05, 0.1) is 14.2 Å². The third-order valence-electron chi connectivity index (χ3n) is 2.52. The maximum absolute atomic E-state index is 11.5. The van der Waals surface area contributed by atoms with Crippen molar-refractivity contribution < 1.29 is 26.8 Å². The molecule has 0 saturated carbocycles. The number of esters is 1. The van der Waals surface area contributed by atoms with Crippen molar-refractivity contribution in [3.05, 3.63) is 29.8 Å². The van der Waals surface area contributed by atoms with Gasteiger partial charge in [0.15, 0.2) is 0 Å². The van der Waals surface area contributed by atoms with E-state index in [1.807, 2.05) is 0 Å². The minimum atomic E-state index is -1.94. The zero-order chi connectivity index (χ0) is 13.1. The molecule has 1 aromatic carbocycles. The normalized spacial score (nSPS) is 26.9. The first-order valence-corrected chi connectivity index (χ1v) is 6.13. The fraction of sp³-hybridized carbons (Fsp3) is 0.364. The molecule has 1 heterocycles. The van der Waals surface area contributed by atoms with Gasteiger partial charge >= 0.3 is 17.3 Å². The Morgan fingerprint density at radius 1 is 1.22 bits per heavy atom. The summed E-state index contributed by atoms with van der Waals surface area (Å²) < 4.78 is 30.8. The molecule has 0 N–H and O–H groups in total. The van der Waals surface area contributed by atoms with Gasteiger partial charge in [-0.2, -0.15) is 4.21 Å². The van der Waals surface area contributed by atoms with E-state index in [1.54, 1.807) is 31.4 Å². The third kappa shape index (κ3) is 2.53. The molecule has 98 valence electrons. The number of rotatable bonds is 3. The summed E-state index contributed by atoms with van der Waals surface area (Å²) in [5, 5.41) is 0. The first kappa shape index (κ1) is 13.0. The monoisotopic (exact) mass is 272 g/mol. The number of carbonyl (C=O) groups is 1. The average Bonchev–Trinajstić information content (AvgIpc) is 2.80. The van der Waals surface area contributed by atoms with Crippen LogP contribution in [0, 0.1) is 0 Å².